The lowest BCUT2D eigenvalue weighted by molar-refractivity contribution is 0.475. The summed E-state index contributed by atoms with van der Waals surface area (Å²) in [5.41, 5.74) is 0. The predicted molar refractivity (Wildman–Crippen MR) is 68.3 cm³/mol. The largest absolute Gasteiger partial charge is 0.313 e. The Morgan fingerprint density at radius 3 is 2.35 bits per heavy atom. The second-order valence-electron chi connectivity index (χ2n) is 3.74. The van der Waals surface area contributed by atoms with Gasteiger partial charge in [0.25, 0.3) is 0 Å². The molecule has 0 aromatic heterocycles. The minimum absolute atomic E-state index is 0.00420. The summed E-state index contributed by atoms with van der Waals surface area (Å²) in [6.45, 7) is 1.71. The average molecular weight is 295 g/mol. The lowest BCUT2D eigenvalue weighted by atomic mass is 10.4. The van der Waals surface area contributed by atoms with Gasteiger partial charge in [-0.25, -0.2) is 8.42 Å². The number of benzene rings is 1. The Morgan fingerprint density at radius 2 is 1.82 bits per heavy atom. The molecule has 0 radical (unpaired) electrons. The smallest absolute Gasteiger partial charge is 0.198 e. The van der Waals surface area contributed by atoms with Crippen LogP contribution in [0, 0.1) is 0 Å². The van der Waals surface area contributed by atoms with Gasteiger partial charge in [0.1, 0.15) is 10.3 Å². The first-order valence-corrected chi connectivity index (χ1v) is 7.45. The molecule has 1 unspecified atom stereocenters. The summed E-state index contributed by atoms with van der Waals surface area (Å²) in [6, 6.07) is 4.67. The second kappa shape index (κ2) is 5.12. The topological polar surface area (TPSA) is 58.2 Å². The molecule has 0 aliphatic carbocycles. The predicted octanol–water partition coefficient (Wildman–Crippen LogP) is 1.29. The molecule has 4 nitrogen and oxygen atoms in total. The van der Waals surface area contributed by atoms with Crippen molar-refractivity contribution in [1.29, 1.82) is 0 Å². The highest BCUT2D eigenvalue weighted by Crippen LogP contribution is 2.31. The third kappa shape index (κ3) is 2.58. The second-order valence-corrected chi connectivity index (χ2v) is 6.62. The van der Waals surface area contributed by atoms with Crippen molar-refractivity contribution in [3.63, 3.8) is 0 Å². The van der Waals surface area contributed by atoms with Crippen LogP contribution in [0.5, 0.6) is 0 Å². The number of sulfone groups is 1. The Labute approximate surface area is 110 Å². The summed E-state index contributed by atoms with van der Waals surface area (Å²) < 4.78 is 24.7. The van der Waals surface area contributed by atoms with Gasteiger partial charge in [0.05, 0.1) is 10.0 Å². The monoisotopic (exact) mass is 294 g/mol. The summed E-state index contributed by atoms with van der Waals surface area (Å²) in [7, 11) is -3.56. The zero-order chi connectivity index (χ0) is 12.5. The molecule has 0 bridgehead atoms. The molecule has 0 saturated carbocycles. The van der Waals surface area contributed by atoms with E-state index in [1.807, 2.05) is 0 Å². The van der Waals surface area contributed by atoms with Crippen LogP contribution in [0.3, 0.4) is 0 Å². The minimum Gasteiger partial charge on any atom is -0.313 e. The van der Waals surface area contributed by atoms with Crippen molar-refractivity contribution in [2.45, 2.75) is 10.3 Å². The number of nitrogens with one attached hydrogen (secondary N) is 2. The first kappa shape index (κ1) is 13.1. The van der Waals surface area contributed by atoms with Crippen LogP contribution in [0.15, 0.2) is 23.1 Å². The quantitative estimate of drug-likeness (QED) is 0.863. The van der Waals surface area contributed by atoms with E-state index < -0.39 is 15.2 Å². The van der Waals surface area contributed by atoms with Crippen molar-refractivity contribution in [2.24, 2.45) is 0 Å². The maximum Gasteiger partial charge on any atom is 0.198 e. The first-order valence-electron chi connectivity index (χ1n) is 5.15. The number of hydrogen-bond donors (Lipinski definition) is 2. The number of hydrogen-bond acceptors (Lipinski definition) is 4. The van der Waals surface area contributed by atoms with Gasteiger partial charge in [0.15, 0.2) is 9.84 Å². The van der Waals surface area contributed by atoms with Crippen LogP contribution in [0.4, 0.5) is 0 Å². The maximum atomic E-state index is 12.4. The molecule has 1 aliphatic rings. The Balaban J connectivity index is 2.44. The highest BCUT2D eigenvalue weighted by Gasteiger charge is 2.32. The molecule has 1 saturated heterocycles. The summed E-state index contributed by atoms with van der Waals surface area (Å²) >= 11 is 11.8. The highest BCUT2D eigenvalue weighted by molar-refractivity contribution is 7.92. The van der Waals surface area contributed by atoms with Gasteiger partial charge in [-0.3, -0.25) is 5.32 Å². The van der Waals surface area contributed by atoms with E-state index in [9.17, 15) is 8.42 Å². The van der Waals surface area contributed by atoms with Crippen LogP contribution in [0.1, 0.15) is 0 Å². The molecule has 7 heteroatoms. The summed E-state index contributed by atoms with van der Waals surface area (Å²) in [5.74, 6) is 0. The van der Waals surface area contributed by atoms with Gasteiger partial charge in [0, 0.05) is 19.6 Å². The molecule has 1 atom stereocenters. The van der Waals surface area contributed by atoms with E-state index in [4.69, 9.17) is 23.2 Å². The third-order valence-electron chi connectivity index (χ3n) is 2.58. The van der Waals surface area contributed by atoms with Crippen molar-refractivity contribution in [1.82, 2.24) is 10.6 Å². The van der Waals surface area contributed by atoms with Crippen LogP contribution >= 0.6 is 23.2 Å². The molecule has 17 heavy (non-hydrogen) atoms. The van der Waals surface area contributed by atoms with Crippen molar-refractivity contribution in [3.05, 3.63) is 28.2 Å². The van der Waals surface area contributed by atoms with Gasteiger partial charge < -0.3 is 5.32 Å². The SMILES string of the molecule is O=S(=O)(c1c(Cl)cccc1Cl)C1CNCCN1. The van der Waals surface area contributed by atoms with Crippen molar-refractivity contribution < 1.29 is 8.42 Å². The Morgan fingerprint density at radius 1 is 1.18 bits per heavy atom. The molecule has 1 aliphatic heterocycles. The van der Waals surface area contributed by atoms with Crippen molar-refractivity contribution in [3.8, 4) is 0 Å². The van der Waals surface area contributed by atoms with Gasteiger partial charge >= 0.3 is 0 Å². The van der Waals surface area contributed by atoms with Gasteiger partial charge in [-0.1, -0.05) is 29.3 Å². The van der Waals surface area contributed by atoms with Crippen molar-refractivity contribution >= 4 is 33.0 Å². The van der Waals surface area contributed by atoms with Crippen LogP contribution in [0.2, 0.25) is 10.0 Å². The summed E-state index contributed by atoms with van der Waals surface area (Å²) in [5, 5.41) is 5.59. The molecule has 1 aromatic carbocycles. The molecule has 2 N–H and O–H groups in total. The van der Waals surface area contributed by atoms with Crippen molar-refractivity contribution in [2.75, 3.05) is 19.6 Å². The van der Waals surface area contributed by atoms with Gasteiger partial charge in [0.2, 0.25) is 0 Å². The Bertz CT molecular complexity index is 493. The summed E-state index contributed by atoms with van der Waals surface area (Å²) in [6.07, 6.45) is 0. The molecule has 0 amide bonds. The van der Waals surface area contributed by atoms with Crippen LogP contribution < -0.4 is 10.6 Å². The number of rotatable bonds is 2. The first-order chi connectivity index (χ1) is 8.03. The lowest BCUT2D eigenvalue weighted by Gasteiger charge is -2.25. The van der Waals surface area contributed by atoms with Crippen LogP contribution in [-0.4, -0.2) is 33.4 Å². The van der Waals surface area contributed by atoms with E-state index in [1.165, 1.54) is 12.1 Å². The van der Waals surface area contributed by atoms with E-state index in [0.29, 0.717) is 13.1 Å². The highest BCUT2D eigenvalue weighted by atomic mass is 35.5. The molecular formula is C10H12Cl2N2O2S. The fourth-order valence-corrected chi connectivity index (χ4v) is 4.42. The Hall–Kier alpha value is -0.330. The minimum atomic E-state index is -3.56. The molecule has 1 fully saturated rings. The third-order valence-corrected chi connectivity index (χ3v) is 5.53. The summed E-state index contributed by atoms with van der Waals surface area (Å²) in [4.78, 5) is 0.00420. The number of piperazine rings is 1. The zero-order valence-electron chi connectivity index (χ0n) is 8.91. The van der Waals surface area contributed by atoms with Crippen LogP contribution in [0.25, 0.3) is 0 Å². The standard InChI is InChI=1S/C10H12Cl2N2O2S/c11-7-2-1-3-8(12)10(7)17(15,16)9-6-13-4-5-14-9/h1-3,9,13-14H,4-6H2. The molecule has 0 spiro atoms. The fraction of sp³-hybridized carbons (Fsp3) is 0.400. The molecular weight excluding hydrogens is 283 g/mol. The normalized spacial score (nSPS) is 21.4. The zero-order valence-corrected chi connectivity index (χ0v) is 11.2. The van der Waals surface area contributed by atoms with E-state index in [0.717, 1.165) is 6.54 Å². The maximum absolute atomic E-state index is 12.4. The van der Waals surface area contributed by atoms with Crippen LogP contribution in [-0.2, 0) is 9.84 Å². The van der Waals surface area contributed by atoms with E-state index in [2.05, 4.69) is 10.6 Å². The van der Waals surface area contributed by atoms with Gasteiger partial charge in [-0.05, 0) is 12.1 Å². The van der Waals surface area contributed by atoms with E-state index in [1.54, 1.807) is 6.07 Å². The Kier molecular flexibility index (Phi) is 3.95. The molecule has 2 rings (SSSR count). The van der Waals surface area contributed by atoms with E-state index in [-0.39, 0.29) is 14.9 Å². The van der Waals surface area contributed by atoms with E-state index >= 15 is 0 Å². The fourth-order valence-electron chi connectivity index (χ4n) is 1.74. The number of halogens is 2. The molecule has 94 valence electrons. The average Bonchev–Trinajstić information content (AvgIpc) is 2.29. The molecule has 1 heterocycles. The van der Waals surface area contributed by atoms with Gasteiger partial charge in [-0.2, -0.15) is 0 Å². The van der Waals surface area contributed by atoms with Gasteiger partial charge in [-0.15, -0.1) is 0 Å². The molecule has 1 aromatic rings. The lowest BCUT2D eigenvalue weighted by Crippen LogP contribution is -2.52.